The third-order valence-corrected chi connectivity index (χ3v) is 7.08. The normalized spacial score (nSPS) is 42.5. The monoisotopic (exact) mass is 286 g/mol. The van der Waals surface area contributed by atoms with Gasteiger partial charge in [0.15, 0.2) is 0 Å². The summed E-state index contributed by atoms with van der Waals surface area (Å²) in [6.45, 7) is 4.83. The van der Waals surface area contributed by atoms with Gasteiger partial charge in [0.25, 0.3) is 0 Å². The Kier molecular flexibility index (Phi) is 6.27. The van der Waals surface area contributed by atoms with E-state index in [4.69, 9.17) is 0 Å². The van der Waals surface area contributed by atoms with Crippen molar-refractivity contribution in [3.63, 3.8) is 0 Å². The number of hydrogen-bond acceptors (Lipinski definition) is 2. The summed E-state index contributed by atoms with van der Waals surface area (Å²) in [6.07, 6.45) is 13.2. The van der Waals surface area contributed by atoms with Crippen LogP contribution in [0.1, 0.15) is 71.6 Å². The number of hydrogen-bond donors (Lipinski definition) is 1. The molecular weight excluding hydrogens is 256 g/mol. The van der Waals surface area contributed by atoms with E-state index in [1.165, 1.54) is 57.8 Å². The molecule has 0 aromatic rings. The predicted molar refractivity (Wildman–Crippen MR) is 87.2 cm³/mol. The predicted octanol–water partition coefficient (Wildman–Crippen LogP) is 5.98. The molecule has 106 valence electrons. The Labute approximate surface area is 123 Å². The maximum Gasteiger partial charge on any atom is 0.0154 e. The van der Waals surface area contributed by atoms with Gasteiger partial charge in [0.1, 0.15) is 0 Å². The van der Waals surface area contributed by atoms with Crippen molar-refractivity contribution < 1.29 is 0 Å². The van der Waals surface area contributed by atoms with Gasteiger partial charge in [-0.15, -0.1) is 11.7 Å². The molecule has 0 saturated heterocycles. The second kappa shape index (κ2) is 7.47. The van der Waals surface area contributed by atoms with Crippen LogP contribution in [0.4, 0.5) is 0 Å². The SMILES string of the molecule is CCC1CCCC1C1CCCC(C)CC(SS)C1. The van der Waals surface area contributed by atoms with Crippen molar-refractivity contribution in [2.24, 2.45) is 23.7 Å². The van der Waals surface area contributed by atoms with E-state index in [1.54, 1.807) is 0 Å². The molecule has 2 fully saturated rings. The average Bonchev–Trinajstić information content (AvgIpc) is 2.81. The van der Waals surface area contributed by atoms with Crippen molar-refractivity contribution >= 4 is 22.5 Å². The van der Waals surface area contributed by atoms with Crippen molar-refractivity contribution in [1.82, 2.24) is 0 Å². The molecule has 0 aromatic carbocycles. The van der Waals surface area contributed by atoms with Crippen molar-refractivity contribution in [3.05, 3.63) is 0 Å². The first-order valence-corrected chi connectivity index (χ1v) is 9.98. The Morgan fingerprint density at radius 3 is 2.56 bits per heavy atom. The van der Waals surface area contributed by atoms with Gasteiger partial charge < -0.3 is 0 Å². The lowest BCUT2D eigenvalue weighted by molar-refractivity contribution is 0.204. The molecule has 2 aliphatic rings. The third-order valence-electron chi connectivity index (χ3n) is 5.50. The summed E-state index contributed by atoms with van der Waals surface area (Å²) in [4.78, 5) is 0. The van der Waals surface area contributed by atoms with Crippen LogP contribution in [-0.2, 0) is 0 Å². The van der Waals surface area contributed by atoms with E-state index in [9.17, 15) is 0 Å². The molecule has 0 heterocycles. The zero-order valence-electron chi connectivity index (χ0n) is 12.1. The first-order chi connectivity index (χ1) is 8.74. The second-order valence-corrected chi connectivity index (χ2v) is 8.27. The van der Waals surface area contributed by atoms with Crippen molar-refractivity contribution in [1.29, 1.82) is 0 Å². The highest BCUT2D eigenvalue weighted by atomic mass is 33.1. The molecule has 0 amide bonds. The highest BCUT2D eigenvalue weighted by Gasteiger charge is 2.34. The summed E-state index contributed by atoms with van der Waals surface area (Å²) < 4.78 is 0. The Hall–Kier alpha value is 0.700. The molecule has 0 aromatic heterocycles. The van der Waals surface area contributed by atoms with Crippen LogP contribution < -0.4 is 0 Å². The molecule has 0 aliphatic heterocycles. The fourth-order valence-electron chi connectivity index (χ4n) is 4.51. The lowest BCUT2D eigenvalue weighted by atomic mass is 9.75. The zero-order valence-corrected chi connectivity index (χ0v) is 13.8. The van der Waals surface area contributed by atoms with Crippen molar-refractivity contribution in [2.75, 3.05) is 0 Å². The average molecular weight is 287 g/mol. The fourth-order valence-corrected chi connectivity index (χ4v) is 5.78. The molecule has 0 N–H and O–H groups in total. The van der Waals surface area contributed by atoms with Crippen LogP contribution in [0.3, 0.4) is 0 Å². The van der Waals surface area contributed by atoms with Crippen molar-refractivity contribution in [2.45, 2.75) is 76.9 Å². The van der Waals surface area contributed by atoms with Gasteiger partial charge in [0.05, 0.1) is 0 Å². The molecule has 2 saturated carbocycles. The molecule has 5 unspecified atom stereocenters. The molecule has 18 heavy (non-hydrogen) atoms. The number of thiol groups is 1. The zero-order chi connectivity index (χ0) is 13.0. The topological polar surface area (TPSA) is 0 Å². The molecule has 0 spiro atoms. The molecule has 0 radical (unpaired) electrons. The van der Waals surface area contributed by atoms with E-state index in [-0.39, 0.29) is 0 Å². The van der Waals surface area contributed by atoms with Gasteiger partial charge in [0.2, 0.25) is 0 Å². The lowest BCUT2D eigenvalue weighted by Crippen LogP contribution is -2.25. The summed E-state index contributed by atoms with van der Waals surface area (Å²) in [5.74, 6) is 4.01. The summed E-state index contributed by atoms with van der Waals surface area (Å²) in [7, 11) is 1.84. The van der Waals surface area contributed by atoms with E-state index in [2.05, 4.69) is 25.5 Å². The minimum absolute atomic E-state index is 0.812. The maximum absolute atomic E-state index is 4.53. The quantitative estimate of drug-likeness (QED) is 0.492. The maximum atomic E-state index is 4.53. The lowest BCUT2D eigenvalue weighted by Gasteiger charge is -2.34. The van der Waals surface area contributed by atoms with Crippen LogP contribution in [0.5, 0.6) is 0 Å². The number of rotatable bonds is 3. The third kappa shape index (κ3) is 3.85. The molecule has 0 bridgehead atoms. The van der Waals surface area contributed by atoms with Gasteiger partial charge in [0, 0.05) is 5.25 Å². The van der Waals surface area contributed by atoms with Crippen LogP contribution >= 0.6 is 22.5 Å². The van der Waals surface area contributed by atoms with E-state index in [1.807, 2.05) is 10.8 Å². The summed E-state index contributed by atoms with van der Waals surface area (Å²) >= 11 is 4.53. The highest BCUT2D eigenvalue weighted by Crippen LogP contribution is 2.45. The largest absolute Gasteiger partial charge is 0.111 e. The van der Waals surface area contributed by atoms with E-state index < -0.39 is 0 Å². The Balaban J connectivity index is 1.97. The summed E-state index contributed by atoms with van der Waals surface area (Å²) in [5, 5.41) is 0.812. The van der Waals surface area contributed by atoms with Crippen LogP contribution in [0, 0.1) is 23.7 Å². The molecule has 2 rings (SSSR count). The van der Waals surface area contributed by atoms with Gasteiger partial charge in [-0.1, -0.05) is 63.2 Å². The van der Waals surface area contributed by atoms with E-state index >= 15 is 0 Å². The van der Waals surface area contributed by atoms with Crippen LogP contribution in [0.2, 0.25) is 0 Å². The minimum Gasteiger partial charge on any atom is -0.111 e. The van der Waals surface area contributed by atoms with Gasteiger partial charge in [-0.3, -0.25) is 0 Å². The fraction of sp³-hybridized carbons (Fsp3) is 1.00. The summed E-state index contributed by atoms with van der Waals surface area (Å²) in [6, 6.07) is 0. The Morgan fingerprint density at radius 1 is 1.06 bits per heavy atom. The highest BCUT2D eigenvalue weighted by molar-refractivity contribution is 8.68. The van der Waals surface area contributed by atoms with Crippen LogP contribution in [-0.4, -0.2) is 5.25 Å². The Morgan fingerprint density at radius 2 is 1.83 bits per heavy atom. The first kappa shape index (κ1) is 15.1. The van der Waals surface area contributed by atoms with Gasteiger partial charge in [-0.25, -0.2) is 0 Å². The molecule has 5 atom stereocenters. The van der Waals surface area contributed by atoms with Crippen LogP contribution in [0.15, 0.2) is 0 Å². The molecule has 2 aliphatic carbocycles. The first-order valence-electron chi connectivity index (χ1n) is 8.04. The van der Waals surface area contributed by atoms with E-state index in [0.717, 1.165) is 28.9 Å². The van der Waals surface area contributed by atoms with Crippen molar-refractivity contribution in [3.8, 4) is 0 Å². The van der Waals surface area contributed by atoms with Gasteiger partial charge >= 0.3 is 0 Å². The summed E-state index contributed by atoms with van der Waals surface area (Å²) in [5.41, 5.74) is 0. The van der Waals surface area contributed by atoms with E-state index in [0.29, 0.717) is 0 Å². The van der Waals surface area contributed by atoms with Gasteiger partial charge in [-0.05, 0) is 42.9 Å². The van der Waals surface area contributed by atoms with Gasteiger partial charge in [-0.2, -0.15) is 0 Å². The minimum atomic E-state index is 0.812. The van der Waals surface area contributed by atoms with Crippen LogP contribution in [0.25, 0.3) is 0 Å². The Bertz CT molecular complexity index is 241. The molecular formula is C16H30S2. The standard InChI is InChI=1S/C16H30S2/c1-3-13-7-5-9-16(13)14-8-4-6-12(2)10-15(11-14)18-17/h12-17H,3-11H2,1-2H3. The smallest absolute Gasteiger partial charge is 0.0154 e. The second-order valence-electron chi connectivity index (χ2n) is 6.76. The molecule has 0 nitrogen and oxygen atoms in total. The molecule has 2 heteroatoms.